The van der Waals surface area contributed by atoms with Crippen molar-refractivity contribution in [2.45, 2.75) is 0 Å². The standard InChI is InChI=1S/Ca.Fe.Ni.O.Sr. The Morgan fingerprint density at radius 2 is 1.20 bits per heavy atom. The van der Waals surface area contributed by atoms with Gasteiger partial charge in [-0.2, -0.15) is 0 Å². The van der Waals surface area contributed by atoms with Crippen molar-refractivity contribution in [1.82, 2.24) is 0 Å². The molecule has 0 aliphatic rings. The van der Waals surface area contributed by atoms with E-state index in [0.717, 1.165) is 0 Å². The molecule has 0 unspecified atom stereocenters. The molecule has 0 atom stereocenters. The zero-order chi connectivity index (χ0) is 2.00. The number of hydrogen-bond acceptors (Lipinski definition) is 1. The van der Waals surface area contributed by atoms with Crippen LogP contribution in [-0.2, 0) is 36.4 Å². The Balaban J connectivity index is -0.00000000167. The van der Waals surface area contributed by atoms with Crippen molar-refractivity contribution in [2.75, 3.05) is 0 Å². The fourth-order valence-electron chi connectivity index (χ4n) is 0. The fraction of sp³-hybridized carbons (Fsp3) is 0. The summed E-state index contributed by atoms with van der Waals surface area (Å²) >= 11 is 2.62. The van der Waals surface area contributed by atoms with Crippen molar-refractivity contribution in [3.05, 3.63) is 0 Å². The van der Waals surface area contributed by atoms with Crippen LogP contribution in [0.2, 0.25) is 0 Å². The van der Waals surface area contributed by atoms with Crippen LogP contribution in [0.1, 0.15) is 0 Å². The van der Waals surface area contributed by atoms with Crippen LogP contribution in [0.25, 0.3) is 0 Å². The van der Waals surface area contributed by atoms with E-state index in [1.807, 2.05) is 0 Å². The molecule has 4 radical (unpaired) electrons. The topological polar surface area (TPSA) is 17.1 Å². The Morgan fingerprint density at radius 1 is 1.20 bits per heavy atom. The average molecular weight is 258 g/mol. The van der Waals surface area contributed by atoms with Crippen molar-refractivity contribution in [3.8, 4) is 0 Å². The van der Waals surface area contributed by atoms with Gasteiger partial charge in [0.2, 0.25) is 0 Å². The maximum atomic E-state index is 7.88. The molecule has 0 spiro atoms. The summed E-state index contributed by atoms with van der Waals surface area (Å²) < 4.78 is 7.88. The van der Waals surface area contributed by atoms with E-state index in [2.05, 4.69) is 15.4 Å². The van der Waals surface area contributed by atoms with Crippen molar-refractivity contribution >= 4 is 83.2 Å². The first-order valence-corrected chi connectivity index (χ1v) is 0.532. The van der Waals surface area contributed by atoms with E-state index in [9.17, 15) is 0 Å². The van der Waals surface area contributed by atoms with Crippen molar-refractivity contribution in [2.24, 2.45) is 0 Å². The van der Waals surface area contributed by atoms with Gasteiger partial charge in [-0.25, -0.2) is 0 Å². The minimum Gasteiger partial charge on any atom is 0 e. The van der Waals surface area contributed by atoms with E-state index in [1.165, 1.54) is 0 Å². The van der Waals surface area contributed by atoms with Gasteiger partial charge < -0.3 is 0 Å². The summed E-state index contributed by atoms with van der Waals surface area (Å²) in [7, 11) is 0. The molecule has 0 saturated heterocycles. The zero-order valence-electron chi connectivity index (χ0n) is 2.49. The predicted molar refractivity (Wildman–Crippen MR) is 12.2 cm³/mol. The average Bonchev–Trinajstić information content (AvgIpc) is 1.00. The second kappa shape index (κ2) is 25.7. The summed E-state index contributed by atoms with van der Waals surface area (Å²) in [6.45, 7) is 0. The van der Waals surface area contributed by atoms with Gasteiger partial charge in [-0.15, -0.1) is 0 Å². The molecule has 1 nitrogen and oxygen atoms in total. The maximum absolute atomic E-state index is 7.88. The normalized spacial score (nSPS) is 1.20. The second-order valence-electron chi connectivity index (χ2n) is 0. The Kier molecular flexibility index (Phi) is 121. The fourth-order valence-corrected chi connectivity index (χ4v) is 0. The Labute approximate surface area is 116 Å². The van der Waals surface area contributed by atoms with Crippen LogP contribution in [0.15, 0.2) is 0 Å². The summed E-state index contributed by atoms with van der Waals surface area (Å²) in [4.78, 5) is 0. The second-order valence-corrected chi connectivity index (χ2v) is 0. The Bertz CT molecular complexity index is 11.6. The van der Waals surface area contributed by atoms with E-state index < -0.39 is 0 Å². The molecular weight excluding hydrogens is 258 g/mol. The van der Waals surface area contributed by atoms with Gasteiger partial charge in [-0.3, -0.25) is 0 Å². The van der Waals surface area contributed by atoms with Crippen LogP contribution in [0.3, 0.4) is 0 Å². The van der Waals surface area contributed by atoms with Gasteiger partial charge in [0.05, 0.1) is 0 Å². The summed E-state index contributed by atoms with van der Waals surface area (Å²) in [6, 6.07) is 0. The molecular formula is CaFeNiOSr. The molecule has 0 aromatic rings. The number of rotatable bonds is 0. The monoisotopic (exact) mass is 258 g/mol. The maximum Gasteiger partial charge on any atom is 0 e. The minimum absolute atomic E-state index is 0. The van der Waals surface area contributed by atoms with Gasteiger partial charge in [0.1, 0.15) is 0 Å². The van der Waals surface area contributed by atoms with Crippen LogP contribution in [-0.4, -0.2) is 83.2 Å². The van der Waals surface area contributed by atoms with Crippen molar-refractivity contribution in [1.29, 1.82) is 0 Å². The molecule has 0 saturated carbocycles. The predicted octanol–water partition coefficient (Wildman–Crippen LogP) is -0.885. The van der Waals surface area contributed by atoms with Gasteiger partial charge in [0, 0.05) is 100 Å². The smallest absolute Gasteiger partial charge is 0 e. The Hall–Kier alpha value is 3.55. The van der Waals surface area contributed by atoms with E-state index in [4.69, 9.17) is 3.90 Å². The molecule has 0 aliphatic carbocycles. The molecule has 0 aliphatic heterocycles. The zero-order valence-corrected chi connectivity index (χ0v) is 10.3. The molecule has 5 heavy (non-hydrogen) atoms. The third kappa shape index (κ3) is 18.4. The van der Waals surface area contributed by atoms with Gasteiger partial charge in [0.15, 0.2) is 0 Å². The third-order valence-corrected chi connectivity index (χ3v) is 0. The van der Waals surface area contributed by atoms with Crippen LogP contribution < -0.4 is 0 Å². The summed E-state index contributed by atoms with van der Waals surface area (Å²) in [5, 5.41) is 0. The summed E-state index contributed by atoms with van der Waals surface area (Å²) in [6.07, 6.45) is 0. The molecule has 0 amide bonds. The first kappa shape index (κ1) is 23.5. The molecule has 0 rings (SSSR count). The van der Waals surface area contributed by atoms with E-state index in [0.29, 0.717) is 0 Å². The molecule has 5 heteroatoms. The first-order chi connectivity index (χ1) is 1.00. The molecule has 0 aromatic carbocycles. The Morgan fingerprint density at radius 3 is 1.20 bits per heavy atom. The molecule has 0 heterocycles. The molecule has 0 fully saturated rings. The van der Waals surface area contributed by atoms with E-state index in [-0.39, 0.29) is 100 Å². The first-order valence-electron chi connectivity index (χ1n) is 0.129. The molecule has 0 N–H and O–H groups in total. The van der Waals surface area contributed by atoms with Gasteiger partial charge >= 0.3 is 19.3 Å². The quantitative estimate of drug-likeness (QED) is 0.515. The molecule has 0 aromatic heterocycles. The van der Waals surface area contributed by atoms with Gasteiger partial charge in [-0.05, 0) is 0 Å². The van der Waals surface area contributed by atoms with Crippen LogP contribution in [0, 0.1) is 0 Å². The van der Waals surface area contributed by atoms with E-state index >= 15 is 0 Å². The molecule has 28 valence electrons. The van der Waals surface area contributed by atoms with Crippen LogP contribution in [0.4, 0.5) is 0 Å². The van der Waals surface area contributed by atoms with E-state index in [1.54, 1.807) is 0 Å². The SMILES string of the molecule is [Ca].[Fe].[O]=[Ni].[Sr]. The summed E-state index contributed by atoms with van der Waals surface area (Å²) in [5.74, 6) is 0. The largest absolute Gasteiger partial charge is 0 e. The van der Waals surface area contributed by atoms with Crippen LogP contribution in [0.5, 0.6) is 0 Å². The van der Waals surface area contributed by atoms with Crippen LogP contribution >= 0.6 is 0 Å². The minimum atomic E-state index is 0. The number of hydrogen-bond donors (Lipinski definition) is 0. The van der Waals surface area contributed by atoms with Gasteiger partial charge in [0.25, 0.3) is 0 Å². The molecule has 0 bridgehead atoms. The van der Waals surface area contributed by atoms with Gasteiger partial charge in [-0.1, -0.05) is 0 Å². The third-order valence-electron chi connectivity index (χ3n) is 0. The van der Waals surface area contributed by atoms with Crippen molar-refractivity contribution < 1.29 is 36.4 Å². The summed E-state index contributed by atoms with van der Waals surface area (Å²) in [5.41, 5.74) is 0. The van der Waals surface area contributed by atoms with Crippen molar-refractivity contribution in [3.63, 3.8) is 0 Å².